The fraction of sp³-hybridized carbons (Fsp3) is 0.444. The van der Waals surface area contributed by atoms with E-state index < -0.39 is 0 Å². The van der Waals surface area contributed by atoms with Crippen LogP contribution in [-0.2, 0) is 0 Å². The quantitative estimate of drug-likeness (QED) is 0.744. The smallest absolute Gasteiger partial charge is 0.110 e. The highest BCUT2D eigenvalue weighted by Crippen LogP contribution is 2.27. The molecule has 0 aliphatic carbocycles. The Hall–Kier alpha value is -0.410. The third-order valence-electron chi connectivity index (χ3n) is 2.22. The molecule has 12 heavy (non-hydrogen) atoms. The van der Waals surface area contributed by atoms with Crippen molar-refractivity contribution in [3.8, 4) is 0 Å². The highest BCUT2D eigenvalue weighted by atomic mass is 79.9. The molecule has 1 aromatic rings. The Labute approximate surface area is 80.5 Å². The van der Waals surface area contributed by atoms with Crippen LogP contribution in [-0.4, -0.2) is 11.5 Å². The SMILES string of the molecule is Brc1ncccc1C1CCCN1. The van der Waals surface area contributed by atoms with E-state index in [-0.39, 0.29) is 0 Å². The monoisotopic (exact) mass is 226 g/mol. The van der Waals surface area contributed by atoms with Crippen LogP contribution in [0.4, 0.5) is 0 Å². The van der Waals surface area contributed by atoms with Crippen LogP contribution < -0.4 is 5.32 Å². The lowest BCUT2D eigenvalue weighted by molar-refractivity contribution is 0.641. The molecule has 0 bridgehead atoms. The minimum absolute atomic E-state index is 0.507. The van der Waals surface area contributed by atoms with Gasteiger partial charge in [-0.25, -0.2) is 4.98 Å². The summed E-state index contributed by atoms with van der Waals surface area (Å²) in [5, 5.41) is 3.44. The van der Waals surface area contributed by atoms with Crippen LogP contribution in [0.5, 0.6) is 0 Å². The molecule has 0 radical (unpaired) electrons. The first-order valence-electron chi connectivity index (χ1n) is 4.22. The third kappa shape index (κ3) is 1.52. The average molecular weight is 227 g/mol. The molecule has 1 aromatic heterocycles. The van der Waals surface area contributed by atoms with E-state index in [1.165, 1.54) is 18.4 Å². The van der Waals surface area contributed by atoms with Gasteiger partial charge in [-0.15, -0.1) is 0 Å². The first kappa shape index (κ1) is 8.20. The van der Waals surface area contributed by atoms with Crippen LogP contribution in [0, 0.1) is 0 Å². The molecular formula is C9H11BrN2. The lowest BCUT2D eigenvalue weighted by Crippen LogP contribution is -2.13. The molecule has 2 heterocycles. The Morgan fingerprint density at radius 3 is 3.17 bits per heavy atom. The lowest BCUT2D eigenvalue weighted by atomic mass is 10.1. The zero-order chi connectivity index (χ0) is 8.39. The van der Waals surface area contributed by atoms with Crippen molar-refractivity contribution in [2.45, 2.75) is 18.9 Å². The molecule has 1 aliphatic rings. The van der Waals surface area contributed by atoms with Crippen molar-refractivity contribution in [3.63, 3.8) is 0 Å². The number of hydrogen-bond donors (Lipinski definition) is 1. The summed E-state index contributed by atoms with van der Waals surface area (Å²) in [6, 6.07) is 4.62. The molecule has 1 aliphatic heterocycles. The molecule has 3 heteroatoms. The van der Waals surface area contributed by atoms with Gasteiger partial charge in [0.15, 0.2) is 0 Å². The lowest BCUT2D eigenvalue weighted by Gasteiger charge is -2.10. The largest absolute Gasteiger partial charge is 0.310 e. The molecule has 1 fully saturated rings. The average Bonchev–Trinajstić information content (AvgIpc) is 2.57. The summed E-state index contributed by atoms with van der Waals surface area (Å²) in [7, 11) is 0. The minimum Gasteiger partial charge on any atom is -0.310 e. The van der Waals surface area contributed by atoms with Crippen molar-refractivity contribution in [2.75, 3.05) is 6.54 Å². The van der Waals surface area contributed by atoms with Crippen LogP contribution in [0.3, 0.4) is 0 Å². The molecule has 1 saturated heterocycles. The molecule has 0 aromatic carbocycles. The maximum atomic E-state index is 4.20. The Bertz CT molecular complexity index is 269. The van der Waals surface area contributed by atoms with Crippen molar-refractivity contribution in [1.29, 1.82) is 0 Å². The molecule has 2 nitrogen and oxygen atoms in total. The molecule has 0 spiro atoms. The summed E-state index contributed by atoms with van der Waals surface area (Å²) in [6.07, 6.45) is 4.30. The van der Waals surface area contributed by atoms with Gasteiger partial charge in [0.25, 0.3) is 0 Å². The number of halogens is 1. The fourth-order valence-electron chi connectivity index (χ4n) is 1.61. The Morgan fingerprint density at radius 1 is 1.58 bits per heavy atom. The van der Waals surface area contributed by atoms with Gasteiger partial charge < -0.3 is 5.32 Å². The van der Waals surface area contributed by atoms with Gasteiger partial charge in [-0.05, 0) is 41.4 Å². The van der Waals surface area contributed by atoms with E-state index in [1.807, 2.05) is 12.3 Å². The molecule has 1 N–H and O–H groups in total. The van der Waals surface area contributed by atoms with Crippen LogP contribution in [0.1, 0.15) is 24.4 Å². The van der Waals surface area contributed by atoms with E-state index in [4.69, 9.17) is 0 Å². The number of hydrogen-bond acceptors (Lipinski definition) is 2. The van der Waals surface area contributed by atoms with Crippen LogP contribution in [0.15, 0.2) is 22.9 Å². The zero-order valence-corrected chi connectivity index (χ0v) is 8.34. The topological polar surface area (TPSA) is 24.9 Å². The highest BCUT2D eigenvalue weighted by Gasteiger charge is 2.18. The van der Waals surface area contributed by atoms with Gasteiger partial charge in [-0.1, -0.05) is 6.07 Å². The van der Waals surface area contributed by atoms with Gasteiger partial charge in [-0.2, -0.15) is 0 Å². The maximum Gasteiger partial charge on any atom is 0.110 e. The molecule has 2 rings (SSSR count). The first-order chi connectivity index (χ1) is 5.88. The van der Waals surface area contributed by atoms with E-state index in [0.717, 1.165) is 11.1 Å². The zero-order valence-electron chi connectivity index (χ0n) is 6.76. The predicted octanol–water partition coefficient (Wildman–Crippen LogP) is 2.27. The van der Waals surface area contributed by atoms with Crippen LogP contribution in [0.25, 0.3) is 0 Å². The van der Waals surface area contributed by atoms with Crippen molar-refractivity contribution < 1.29 is 0 Å². The van der Waals surface area contributed by atoms with Crippen molar-refractivity contribution >= 4 is 15.9 Å². The Kier molecular flexibility index (Phi) is 2.42. The van der Waals surface area contributed by atoms with Gasteiger partial charge in [0.1, 0.15) is 4.60 Å². The molecule has 1 atom stereocenters. The normalized spacial score (nSPS) is 22.9. The standard InChI is InChI=1S/C9H11BrN2/c10-9-7(3-1-6-12-9)8-4-2-5-11-8/h1,3,6,8,11H,2,4-5H2. The molecule has 0 amide bonds. The summed E-state index contributed by atoms with van der Waals surface area (Å²) in [6.45, 7) is 1.13. The van der Waals surface area contributed by atoms with Gasteiger partial charge in [0, 0.05) is 17.8 Å². The van der Waals surface area contributed by atoms with Crippen LogP contribution >= 0.6 is 15.9 Å². The van der Waals surface area contributed by atoms with E-state index in [2.05, 4.69) is 32.3 Å². The summed E-state index contributed by atoms with van der Waals surface area (Å²) in [4.78, 5) is 4.20. The Morgan fingerprint density at radius 2 is 2.50 bits per heavy atom. The molecule has 64 valence electrons. The Balaban J connectivity index is 2.26. The molecular weight excluding hydrogens is 216 g/mol. The summed E-state index contributed by atoms with van der Waals surface area (Å²) >= 11 is 3.46. The predicted molar refractivity (Wildman–Crippen MR) is 51.9 cm³/mol. The van der Waals surface area contributed by atoms with Gasteiger partial charge >= 0.3 is 0 Å². The number of nitrogens with one attached hydrogen (secondary N) is 1. The molecule has 1 unspecified atom stereocenters. The van der Waals surface area contributed by atoms with Crippen molar-refractivity contribution in [2.24, 2.45) is 0 Å². The summed E-state index contributed by atoms with van der Waals surface area (Å²) in [5.41, 5.74) is 1.29. The van der Waals surface area contributed by atoms with E-state index in [1.54, 1.807) is 0 Å². The fourth-order valence-corrected chi connectivity index (χ4v) is 2.14. The number of rotatable bonds is 1. The molecule has 0 saturated carbocycles. The first-order valence-corrected chi connectivity index (χ1v) is 5.01. The van der Waals surface area contributed by atoms with Gasteiger partial charge in [-0.3, -0.25) is 0 Å². The number of nitrogens with zero attached hydrogens (tertiary/aromatic N) is 1. The number of aromatic nitrogens is 1. The van der Waals surface area contributed by atoms with Gasteiger partial charge in [0.05, 0.1) is 0 Å². The van der Waals surface area contributed by atoms with Gasteiger partial charge in [0.2, 0.25) is 0 Å². The van der Waals surface area contributed by atoms with E-state index >= 15 is 0 Å². The highest BCUT2D eigenvalue weighted by molar-refractivity contribution is 9.10. The third-order valence-corrected chi connectivity index (χ3v) is 2.89. The van der Waals surface area contributed by atoms with Crippen molar-refractivity contribution in [3.05, 3.63) is 28.5 Å². The summed E-state index contributed by atoms with van der Waals surface area (Å²) < 4.78 is 0.976. The maximum absolute atomic E-state index is 4.20. The van der Waals surface area contributed by atoms with Crippen molar-refractivity contribution in [1.82, 2.24) is 10.3 Å². The number of pyridine rings is 1. The summed E-state index contributed by atoms with van der Waals surface area (Å²) in [5.74, 6) is 0. The second-order valence-electron chi connectivity index (χ2n) is 3.03. The van der Waals surface area contributed by atoms with E-state index in [9.17, 15) is 0 Å². The second kappa shape index (κ2) is 3.54. The van der Waals surface area contributed by atoms with E-state index in [0.29, 0.717) is 6.04 Å². The second-order valence-corrected chi connectivity index (χ2v) is 3.78. The minimum atomic E-state index is 0.507. The van der Waals surface area contributed by atoms with Crippen LogP contribution in [0.2, 0.25) is 0 Å².